The molecule has 0 atom stereocenters. The smallest absolute Gasteiger partial charge is 0.120 e. The molecule has 0 bridgehead atoms. The SMILES string of the molecule is Cn1cc(CNc2ccc(-c3cnc[nH]3)cc2)cc1C#N. The Bertz CT molecular complexity index is 760. The topological polar surface area (TPSA) is 69.4 Å². The molecule has 5 heteroatoms. The zero-order chi connectivity index (χ0) is 14.7. The van der Waals surface area contributed by atoms with Crippen LogP contribution in [0.4, 0.5) is 5.69 Å². The summed E-state index contributed by atoms with van der Waals surface area (Å²) in [6.07, 6.45) is 5.43. The summed E-state index contributed by atoms with van der Waals surface area (Å²) >= 11 is 0. The van der Waals surface area contributed by atoms with Gasteiger partial charge in [-0.2, -0.15) is 5.26 Å². The number of anilines is 1. The molecule has 2 heterocycles. The van der Waals surface area contributed by atoms with Gasteiger partial charge in [0.05, 0.1) is 18.2 Å². The van der Waals surface area contributed by atoms with E-state index in [1.165, 1.54) is 0 Å². The monoisotopic (exact) mass is 277 g/mol. The molecule has 0 saturated carbocycles. The van der Waals surface area contributed by atoms with Crippen LogP contribution in [-0.2, 0) is 13.6 Å². The van der Waals surface area contributed by atoms with E-state index in [2.05, 4.69) is 21.4 Å². The maximum Gasteiger partial charge on any atom is 0.120 e. The minimum atomic E-state index is 0.668. The van der Waals surface area contributed by atoms with Crippen molar-refractivity contribution in [2.24, 2.45) is 7.05 Å². The van der Waals surface area contributed by atoms with E-state index in [9.17, 15) is 0 Å². The van der Waals surface area contributed by atoms with Gasteiger partial charge in [0.1, 0.15) is 11.8 Å². The van der Waals surface area contributed by atoms with Crippen LogP contribution in [0.25, 0.3) is 11.3 Å². The first-order valence-electron chi connectivity index (χ1n) is 6.64. The highest BCUT2D eigenvalue weighted by Gasteiger charge is 2.03. The Morgan fingerprint density at radius 3 is 2.76 bits per heavy atom. The number of benzene rings is 1. The van der Waals surface area contributed by atoms with Crippen LogP contribution in [0.2, 0.25) is 0 Å². The number of aromatic nitrogens is 3. The van der Waals surface area contributed by atoms with Crippen LogP contribution in [0, 0.1) is 11.3 Å². The van der Waals surface area contributed by atoms with Crippen LogP contribution >= 0.6 is 0 Å². The van der Waals surface area contributed by atoms with Gasteiger partial charge in [-0.05, 0) is 29.3 Å². The number of nitriles is 1. The van der Waals surface area contributed by atoms with Crippen LogP contribution in [-0.4, -0.2) is 14.5 Å². The highest BCUT2D eigenvalue weighted by Crippen LogP contribution is 2.19. The Morgan fingerprint density at radius 1 is 1.33 bits per heavy atom. The fourth-order valence-corrected chi connectivity index (χ4v) is 2.23. The van der Waals surface area contributed by atoms with E-state index < -0.39 is 0 Å². The van der Waals surface area contributed by atoms with Gasteiger partial charge in [-0.1, -0.05) is 12.1 Å². The van der Waals surface area contributed by atoms with Crippen molar-refractivity contribution in [3.63, 3.8) is 0 Å². The second kappa shape index (κ2) is 5.55. The van der Waals surface area contributed by atoms with Gasteiger partial charge in [0.15, 0.2) is 0 Å². The van der Waals surface area contributed by atoms with Gasteiger partial charge in [0.2, 0.25) is 0 Å². The molecule has 1 aromatic carbocycles. The summed E-state index contributed by atoms with van der Waals surface area (Å²) in [5.41, 5.74) is 4.90. The number of hydrogen-bond donors (Lipinski definition) is 2. The molecule has 104 valence electrons. The Labute approximate surface area is 122 Å². The van der Waals surface area contributed by atoms with Gasteiger partial charge in [-0.15, -0.1) is 0 Å². The van der Waals surface area contributed by atoms with Crippen molar-refractivity contribution >= 4 is 5.69 Å². The molecule has 2 aromatic heterocycles. The van der Waals surface area contributed by atoms with Crippen LogP contribution < -0.4 is 5.32 Å². The largest absolute Gasteiger partial charge is 0.381 e. The number of nitrogens with one attached hydrogen (secondary N) is 2. The number of imidazole rings is 1. The van der Waals surface area contributed by atoms with Crippen molar-refractivity contribution in [1.82, 2.24) is 14.5 Å². The molecule has 0 saturated heterocycles. The lowest BCUT2D eigenvalue weighted by Gasteiger charge is -2.06. The average molecular weight is 277 g/mol. The second-order valence-corrected chi connectivity index (χ2v) is 4.85. The Balaban J connectivity index is 1.67. The predicted octanol–water partition coefficient (Wildman–Crippen LogP) is 2.90. The van der Waals surface area contributed by atoms with Crippen LogP contribution in [0.3, 0.4) is 0 Å². The molecular formula is C16H15N5. The lowest BCUT2D eigenvalue weighted by atomic mass is 10.1. The molecule has 0 radical (unpaired) electrons. The first-order valence-corrected chi connectivity index (χ1v) is 6.64. The molecule has 0 fully saturated rings. The third kappa shape index (κ3) is 2.79. The van der Waals surface area contributed by atoms with Crippen LogP contribution in [0.15, 0.2) is 49.1 Å². The van der Waals surface area contributed by atoms with Gasteiger partial charge in [0.25, 0.3) is 0 Å². The summed E-state index contributed by atoms with van der Waals surface area (Å²) < 4.78 is 1.83. The van der Waals surface area contributed by atoms with E-state index in [1.54, 1.807) is 12.5 Å². The molecule has 0 amide bonds. The van der Waals surface area contributed by atoms with E-state index >= 15 is 0 Å². The fourth-order valence-electron chi connectivity index (χ4n) is 2.23. The quantitative estimate of drug-likeness (QED) is 0.770. The summed E-state index contributed by atoms with van der Waals surface area (Å²) in [6, 6.07) is 12.2. The van der Waals surface area contributed by atoms with Gasteiger partial charge in [-0.3, -0.25) is 0 Å². The third-order valence-corrected chi connectivity index (χ3v) is 3.37. The van der Waals surface area contributed by atoms with E-state index in [0.29, 0.717) is 12.2 Å². The van der Waals surface area contributed by atoms with Gasteiger partial charge in [-0.25, -0.2) is 4.98 Å². The van der Waals surface area contributed by atoms with Crippen LogP contribution in [0.1, 0.15) is 11.3 Å². The van der Waals surface area contributed by atoms with Crippen molar-refractivity contribution in [2.75, 3.05) is 5.32 Å². The van der Waals surface area contributed by atoms with Gasteiger partial charge >= 0.3 is 0 Å². The zero-order valence-corrected chi connectivity index (χ0v) is 11.7. The number of hydrogen-bond acceptors (Lipinski definition) is 3. The first kappa shape index (κ1) is 13.0. The minimum absolute atomic E-state index is 0.668. The Hall–Kier alpha value is -3.00. The fraction of sp³-hybridized carbons (Fsp3) is 0.125. The number of nitrogens with zero attached hydrogens (tertiary/aromatic N) is 3. The normalized spacial score (nSPS) is 10.3. The van der Waals surface area contributed by atoms with Gasteiger partial charge < -0.3 is 14.9 Å². The Morgan fingerprint density at radius 2 is 2.14 bits per heavy atom. The summed E-state index contributed by atoms with van der Waals surface area (Å²) in [4.78, 5) is 7.10. The molecule has 0 aliphatic carbocycles. The van der Waals surface area contributed by atoms with E-state index in [-0.39, 0.29) is 0 Å². The highest BCUT2D eigenvalue weighted by molar-refractivity contribution is 5.61. The highest BCUT2D eigenvalue weighted by atomic mass is 14.9. The van der Waals surface area contributed by atoms with Crippen molar-refractivity contribution in [2.45, 2.75) is 6.54 Å². The maximum absolute atomic E-state index is 8.94. The standard InChI is InChI=1S/C16H15N5/c1-21-10-12(6-15(21)7-17)8-19-14-4-2-13(3-5-14)16-9-18-11-20-16/h2-6,9-11,19H,8H2,1H3,(H,18,20). The molecule has 5 nitrogen and oxygen atoms in total. The molecule has 21 heavy (non-hydrogen) atoms. The van der Waals surface area contributed by atoms with E-state index in [1.807, 2.05) is 48.1 Å². The summed E-state index contributed by atoms with van der Waals surface area (Å²) in [6.45, 7) is 0.693. The third-order valence-electron chi connectivity index (χ3n) is 3.37. The molecule has 3 aromatic rings. The molecule has 0 aliphatic heterocycles. The van der Waals surface area contributed by atoms with Crippen molar-refractivity contribution in [3.05, 3.63) is 60.3 Å². The number of H-pyrrole nitrogens is 1. The first-order chi connectivity index (χ1) is 10.3. The molecule has 0 unspecified atom stereocenters. The summed E-state index contributed by atoms with van der Waals surface area (Å²) in [5, 5.41) is 12.3. The number of aryl methyl sites for hydroxylation is 1. The summed E-state index contributed by atoms with van der Waals surface area (Å²) in [7, 11) is 1.88. The molecule has 3 rings (SSSR count). The lowest BCUT2D eigenvalue weighted by Crippen LogP contribution is -1.98. The van der Waals surface area contributed by atoms with Gasteiger partial charge in [0, 0.05) is 25.5 Å². The van der Waals surface area contributed by atoms with Crippen LogP contribution in [0.5, 0.6) is 0 Å². The minimum Gasteiger partial charge on any atom is -0.381 e. The van der Waals surface area contributed by atoms with Crippen molar-refractivity contribution < 1.29 is 0 Å². The van der Waals surface area contributed by atoms with Crippen molar-refractivity contribution in [1.29, 1.82) is 5.26 Å². The van der Waals surface area contributed by atoms with E-state index in [0.717, 1.165) is 22.5 Å². The lowest BCUT2D eigenvalue weighted by molar-refractivity contribution is 0.902. The molecule has 2 N–H and O–H groups in total. The molecular weight excluding hydrogens is 262 g/mol. The average Bonchev–Trinajstić information content (AvgIpc) is 3.15. The Kier molecular flexibility index (Phi) is 3.44. The number of rotatable bonds is 4. The second-order valence-electron chi connectivity index (χ2n) is 4.85. The maximum atomic E-state index is 8.94. The molecule has 0 aliphatic rings. The molecule has 0 spiro atoms. The zero-order valence-electron chi connectivity index (χ0n) is 11.7. The van der Waals surface area contributed by atoms with E-state index in [4.69, 9.17) is 5.26 Å². The summed E-state index contributed by atoms with van der Waals surface area (Å²) in [5.74, 6) is 0. The number of aromatic amines is 1. The predicted molar refractivity (Wildman–Crippen MR) is 81.5 cm³/mol. The van der Waals surface area contributed by atoms with Crippen molar-refractivity contribution in [3.8, 4) is 17.3 Å².